The largest absolute Gasteiger partial charge is 0.340 e. The van der Waals surface area contributed by atoms with Gasteiger partial charge in [-0.15, -0.1) is 24.8 Å². The van der Waals surface area contributed by atoms with Gasteiger partial charge in [0.05, 0.1) is 0 Å². The van der Waals surface area contributed by atoms with E-state index in [4.69, 9.17) is 0 Å². The summed E-state index contributed by atoms with van der Waals surface area (Å²) in [5, 5.41) is 3.35. The summed E-state index contributed by atoms with van der Waals surface area (Å²) in [6.45, 7) is 3.66. The number of hydrogen-bond donors (Lipinski definition) is 1. The van der Waals surface area contributed by atoms with E-state index in [0.29, 0.717) is 26.2 Å². The SMILES string of the molecule is Cl.Cl.O=C(C1CC12CCNCC2)N1CCN(S(=O)(=O)c2cccnc2)CC1. The quantitative estimate of drug-likeness (QED) is 0.767. The van der Waals surface area contributed by atoms with Crippen molar-refractivity contribution in [1.82, 2.24) is 19.5 Å². The van der Waals surface area contributed by atoms with Crippen molar-refractivity contribution in [2.24, 2.45) is 11.3 Å². The molecule has 10 heteroatoms. The number of nitrogens with zero attached hydrogens (tertiary/aromatic N) is 3. The summed E-state index contributed by atoms with van der Waals surface area (Å²) < 4.78 is 26.7. The van der Waals surface area contributed by atoms with Crippen molar-refractivity contribution in [3.05, 3.63) is 24.5 Å². The van der Waals surface area contributed by atoms with Crippen molar-refractivity contribution in [3.63, 3.8) is 0 Å². The standard InChI is InChI=1S/C17H24N4O3S.2ClH/c22-16(15-12-17(15)3-6-18-7-4-17)20-8-10-21(11-9-20)25(23,24)14-2-1-5-19-13-14;;/h1-2,5,13,15,18H,3-4,6-12H2;2*1H. The molecule has 1 atom stereocenters. The third-order valence-corrected chi connectivity index (χ3v) is 7.79. The normalized spacial score (nSPS) is 24.6. The van der Waals surface area contributed by atoms with Gasteiger partial charge in [0, 0.05) is 44.5 Å². The first-order chi connectivity index (χ1) is 12.0. The Kier molecular flexibility index (Phi) is 7.13. The second-order valence-electron chi connectivity index (χ2n) is 7.29. The number of pyridine rings is 1. The number of rotatable bonds is 3. The van der Waals surface area contributed by atoms with Crippen LogP contribution in [0.3, 0.4) is 0 Å². The molecule has 2 saturated heterocycles. The third-order valence-electron chi connectivity index (χ3n) is 5.91. The lowest BCUT2D eigenvalue weighted by Gasteiger charge is -2.35. The van der Waals surface area contributed by atoms with E-state index in [-0.39, 0.29) is 46.9 Å². The van der Waals surface area contributed by atoms with Crippen LogP contribution in [0.15, 0.2) is 29.4 Å². The van der Waals surface area contributed by atoms with E-state index in [1.54, 1.807) is 18.3 Å². The number of hydrogen-bond acceptors (Lipinski definition) is 5. The van der Waals surface area contributed by atoms with Crippen molar-refractivity contribution >= 4 is 40.7 Å². The molecule has 0 aromatic carbocycles. The van der Waals surface area contributed by atoms with E-state index in [9.17, 15) is 13.2 Å². The van der Waals surface area contributed by atoms with Gasteiger partial charge >= 0.3 is 0 Å². The molecule has 3 aliphatic rings. The summed E-state index contributed by atoms with van der Waals surface area (Å²) in [6, 6.07) is 3.18. The highest BCUT2D eigenvalue weighted by Crippen LogP contribution is 2.59. The van der Waals surface area contributed by atoms with Gasteiger partial charge in [0.1, 0.15) is 4.90 Å². The van der Waals surface area contributed by atoms with Crippen LogP contribution in [-0.4, -0.2) is 67.8 Å². The lowest BCUT2D eigenvalue weighted by molar-refractivity contribution is -0.134. The lowest BCUT2D eigenvalue weighted by Crippen LogP contribution is -2.51. The molecule has 0 bridgehead atoms. The van der Waals surface area contributed by atoms with Gasteiger partial charge in [-0.1, -0.05) is 0 Å². The molecular weight excluding hydrogens is 411 g/mol. The first-order valence-corrected chi connectivity index (χ1v) is 10.4. The molecule has 1 saturated carbocycles. The first kappa shape index (κ1) is 22.4. The molecule has 7 nitrogen and oxygen atoms in total. The Morgan fingerprint density at radius 1 is 1.15 bits per heavy atom. The van der Waals surface area contributed by atoms with Crippen LogP contribution in [-0.2, 0) is 14.8 Å². The first-order valence-electron chi connectivity index (χ1n) is 8.93. The van der Waals surface area contributed by atoms with Crippen LogP contribution in [0.25, 0.3) is 0 Å². The highest BCUT2D eigenvalue weighted by atomic mass is 35.5. The fourth-order valence-electron chi connectivity index (χ4n) is 4.19. The number of carbonyl (C=O) groups excluding carboxylic acids is 1. The average Bonchev–Trinajstić information content (AvgIpc) is 3.35. The Morgan fingerprint density at radius 2 is 1.81 bits per heavy atom. The minimum absolute atomic E-state index is 0. The Labute approximate surface area is 172 Å². The number of piperidine rings is 1. The van der Waals surface area contributed by atoms with Crippen molar-refractivity contribution in [1.29, 1.82) is 0 Å². The molecule has 3 fully saturated rings. The van der Waals surface area contributed by atoms with Gasteiger partial charge in [0.15, 0.2) is 0 Å². The van der Waals surface area contributed by atoms with Crippen molar-refractivity contribution < 1.29 is 13.2 Å². The maximum atomic E-state index is 12.8. The Bertz CT molecular complexity index is 749. The van der Waals surface area contributed by atoms with E-state index in [0.717, 1.165) is 32.4 Å². The summed E-state index contributed by atoms with van der Waals surface area (Å²) in [7, 11) is -3.52. The molecule has 4 rings (SSSR count). The number of sulfonamides is 1. The van der Waals surface area contributed by atoms with Crippen molar-refractivity contribution in [2.75, 3.05) is 39.3 Å². The van der Waals surface area contributed by atoms with Crippen LogP contribution < -0.4 is 5.32 Å². The number of carbonyl (C=O) groups is 1. The number of amides is 1. The van der Waals surface area contributed by atoms with Crippen LogP contribution in [0.5, 0.6) is 0 Å². The smallest absolute Gasteiger partial charge is 0.244 e. The summed E-state index contributed by atoms with van der Waals surface area (Å²) in [5.74, 6) is 0.372. The van der Waals surface area contributed by atoms with E-state index < -0.39 is 10.0 Å². The van der Waals surface area contributed by atoms with Crippen LogP contribution in [0, 0.1) is 11.3 Å². The molecule has 0 radical (unpaired) electrons. The Morgan fingerprint density at radius 3 is 2.41 bits per heavy atom. The van der Waals surface area contributed by atoms with E-state index in [2.05, 4.69) is 10.3 Å². The number of piperazine rings is 1. The maximum Gasteiger partial charge on any atom is 0.244 e. The highest BCUT2D eigenvalue weighted by molar-refractivity contribution is 7.89. The highest BCUT2D eigenvalue weighted by Gasteiger charge is 2.58. The molecule has 3 heterocycles. The summed E-state index contributed by atoms with van der Waals surface area (Å²) in [6.07, 6.45) is 6.10. The summed E-state index contributed by atoms with van der Waals surface area (Å²) >= 11 is 0. The molecule has 2 aliphatic heterocycles. The van der Waals surface area contributed by atoms with Gasteiger partial charge in [0.2, 0.25) is 15.9 Å². The molecular formula is C17H26Cl2N4O3S. The third kappa shape index (κ3) is 4.24. The van der Waals surface area contributed by atoms with Crippen LogP contribution in [0.4, 0.5) is 0 Å². The summed E-state index contributed by atoms with van der Waals surface area (Å²) in [4.78, 5) is 18.8. The van der Waals surface area contributed by atoms with Gasteiger partial charge in [-0.2, -0.15) is 4.31 Å². The number of halogens is 2. The molecule has 1 unspecified atom stereocenters. The zero-order valence-electron chi connectivity index (χ0n) is 15.0. The van der Waals surface area contributed by atoms with Crippen molar-refractivity contribution in [3.8, 4) is 0 Å². The van der Waals surface area contributed by atoms with Crippen molar-refractivity contribution in [2.45, 2.75) is 24.2 Å². The Balaban J connectivity index is 0.00000131. The van der Waals surface area contributed by atoms with Gasteiger partial charge < -0.3 is 10.2 Å². The molecule has 1 aromatic heterocycles. The molecule has 1 aliphatic carbocycles. The second-order valence-corrected chi connectivity index (χ2v) is 9.23. The molecule has 1 amide bonds. The summed E-state index contributed by atoms with van der Waals surface area (Å²) in [5.41, 5.74) is 0.223. The zero-order chi connectivity index (χ0) is 17.5. The monoisotopic (exact) mass is 436 g/mol. The molecule has 1 aromatic rings. The lowest BCUT2D eigenvalue weighted by atomic mass is 9.91. The Hall–Kier alpha value is -0.930. The number of aromatic nitrogens is 1. The van der Waals surface area contributed by atoms with Gasteiger partial charge in [-0.25, -0.2) is 8.42 Å². The fraction of sp³-hybridized carbons (Fsp3) is 0.647. The number of nitrogens with one attached hydrogen (secondary N) is 1. The van der Waals surface area contributed by atoms with E-state index in [1.165, 1.54) is 10.5 Å². The predicted molar refractivity (Wildman–Crippen MR) is 107 cm³/mol. The van der Waals surface area contributed by atoms with Crippen LogP contribution in [0.1, 0.15) is 19.3 Å². The molecule has 1 N–H and O–H groups in total. The van der Waals surface area contributed by atoms with Gasteiger partial charge in [-0.3, -0.25) is 9.78 Å². The topological polar surface area (TPSA) is 82.6 Å². The predicted octanol–water partition coefficient (Wildman–Crippen LogP) is 1.15. The minimum atomic E-state index is -3.52. The average molecular weight is 437 g/mol. The van der Waals surface area contributed by atoms with Gasteiger partial charge in [0.25, 0.3) is 0 Å². The zero-order valence-corrected chi connectivity index (χ0v) is 17.5. The maximum absolute atomic E-state index is 12.8. The van der Waals surface area contributed by atoms with E-state index in [1.807, 2.05) is 4.90 Å². The molecule has 27 heavy (non-hydrogen) atoms. The van der Waals surface area contributed by atoms with E-state index >= 15 is 0 Å². The van der Waals surface area contributed by atoms with Crippen LogP contribution >= 0.6 is 24.8 Å². The van der Waals surface area contributed by atoms with Gasteiger partial charge in [-0.05, 0) is 49.9 Å². The molecule has 152 valence electrons. The molecule has 1 spiro atoms. The fourth-order valence-corrected chi connectivity index (χ4v) is 5.58. The van der Waals surface area contributed by atoms with Crippen LogP contribution in [0.2, 0.25) is 0 Å². The second kappa shape index (κ2) is 8.61. The minimum Gasteiger partial charge on any atom is -0.340 e.